The third-order valence-electron chi connectivity index (χ3n) is 3.82. The maximum atomic E-state index is 11.8. The van der Waals surface area contributed by atoms with E-state index in [-0.39, 0.29) is 11.9 Å². The molecule has 0 aromatic carbocycles. The van der Waals surface area contributed by atoms with Crippen molar-refractivity contribution in [2.24, 2.45) is 0 Å². The molecule has 1 heterocycles. The highest BCUT2D eigenvalue weighted by Crippen LogP contribution is 2.17. The van der Waals surface area contributed by atoms with E-state index in [1.165, 1.54) is 12.8 Å². The first-order valence-electron chi connectivity index (χ1n) is 8.02. The number of anilines is 2. The number of hydrogen-bond donors (Lipinski definition) is 3. The molecule has 0 radical (unpaired) electrons. The number of urea groups is 1. The number of carbonyl (C=O) groups excluding carboxylic acids is 2. The number of nitrogens with zero attached hydrogens (tertiary/aromatic N) is 2. The fraction of sp³-hybridized carbons (Fsp3) is 0.562. The first-order valence-corrected chi connectivity index (χ1v) is 8.02. The van der Waals surface area contributed by atoms with Crippen LogP contribution in [-0.4, -0.2) is 43.6 Å². The Morgan fingerprint density at radius 3 is 2.61 bits per heavy atom. The Balaban J connectivity index is 1.65. The van der Waals surface area contributed by atoms with E-state index >= 15 is 0 Å². The van der Waals surface area contributed by atoms with Crippen molar-refractivity contribution in [2.75, 3.05) is 30.9 Å². The maximum Gasteiger partial charge on any atom is 0.319 e. The maximum absolute atomic E-state index is 11.8. The second kappa shape index (κ2) is 8.36. The number of carbonyl (C=O) groups is 2. The van der Waals surface area contributed by atoms with Crippen LogP contribution in [0.25, 0.3) is 0 Å². The van der Waals surface area contributed by atoms with Crippen LogP contribution in [0.5, 0.6) is 0 Å². The number of rotatable bonds is 6. The highest BCUT2D eigenvalue weighted by atomic mass is 16.2. The van der Waals surface area contributed by atoms with Gasteiger partial charge in [0.2, 0.25) is 5.91 Å². The highest BCUT2D eigenvalue weighted by molar-refractivity contribution is 5.89. The van der Waals surface area contributed by atoms with Crippen molar-refractivity contribution >= 4 is 23.4 Å². The molecule has 0 bridgehead atoms. The zero-order valence-corrected chi connectivity index (χ0v) is 13.8. The molecule has 0 aliphatic heterocycles. The zero-order valence-electron chi connectivity index (χ0n) is 13.8. The zero-order chi connectivity index (χ0) is 16.7. The normalized spacial score (nSPS) is 14.3. The quantitative estimate of drug-likeness (QED) is 0.745. The Hall–Kier alpha value is -2.31. The van der Waals surface area contributed by atoms with E-state index in [4.69, 9.17) is 0 Å². The fourth-order valence-electron chi connectivity index (χ4n) is 2.56. The molecule has 0 saturated heterocycles. The van der Waals surface area contributed by atoms with Crippen LogP contribution in [0.2, 0.25) is 0 Å². The van der Waals surface area contributed by atoms with Crippen molar-refractivity contribution in [1.29, 1.82) is 0 Å². The lowest BCUT2D eigenvalue weighted by atomic mass is 10.2. The molecule has 1 aliphatic rings. The first kappa shape index (κ1) is 17.1. The van der Waals surface area contributed by atoms with Gasteiger partial charge < -0.3 is 20.9 Å². The average molecular weight is 319 g/mol. The fourth-order valence-corrected chi connectivity index (χ4v) is 2.56. The molecule has 1 aromatic heterocycles. The summed E-state index contributed by atoms with van der Waals surface area (Å²) in [4.78, 5) is 29.6. The Kier molecular flexibility index (Phi) is 6.19. The summed E-state index contributed by atoms with van der Waals surface area (Å²) in [6.07, 6.45) is 6.40. The summed E-state index contributed by atoms with van der Waals surface area (Å²) >= 11 is 0. The minimum Gasteiger partial charge on any atom is -0.363 e. The lowest BCUT2D eigenvalue weighted by molar-refractivity contribution is -0.121. The number of nitrogens with one attached hydrogen (secondary N) is 3. The minimum atomic E-state index is -0.335. The van der Waals surface area contributed by atoms with Crippen LogP contribution in [0.15, 0.2) is 18.3 Å². The molecule has 1 aromatic rings. The molecule has 23 heavy (non-hydrogen) atoms. The van der Waals surface area contributed by atoms with Crippen molar-refractivity contribution < 1.29 is 9.59 Å². The lowest BCUT2D eigenvalue weighted by Gasteiger charge is -2.13. The van der Waals surface area contributed by atoms with Crippen molar-refractivity contribution in [1.82, 2.24) is 15.6 Å². The van der Waals surface area contributed by atoms with E-state index in [1.807, 2.05) is 25.1 Å². The molecule has 1 aliphatic carbocycles. The van der Waals surface area contributed by atoms with E-state index in [1.54, 1.807) is 12.3 Å². The predicted octanol–water partition coefficient (Wildman–Crippen LogP) is 1.72. The number of amides is 3. The van der Waals surface area contributed by atoms with Gasteiger partial charge in [0.05, 0.1) is 11.9 Å². The lowest BCUT2D eigenvalue weighted by Crippen LogP contribution is -2.36. The number of pyridine rings is 1. The van der Waals surface area contributed by atoms with Gasteiger partial charge in [-0.3, -0.25) is 4.79 Å². The van der Waals surface area contributed by atoms with Gasteiger partial charge in [0.15, 0.2) is 0 Å². The molecular formula is C16H25N5O2. The van der Waals surface area contributed by atoms with Crippen LogP contribution >= 0.6 is 0 Å². The Morgan fingerprint density at radius 1 is 1.26 bits per heavy atom. The Labute approximate surface area is 136 Å². The minimum absolute atomic E-state index is 0.00537. The standard InChI is InChI=1S/C16H25N5O2/c1-21(2)14-8-7-13(11-18-14)20-16(23)17-10-9-15(22)19-12-5-3-4-6-12/h7-8,11-12H,3-6,9-10H2,1-2H3,(H,19,22)(H2,17,20,23). The van der Waals surface area contributed by atoms with Crippen molar-refractivity contribution in [3.63, 3.8) is 0 Å². The van der Waals surface area contributed by atoms with Crippen LogP contribution in [0, 0.1) is 0 Å². The van der Waals surface area contributed by atoms with Gasteiger partial charge in [-0.15, -0.1) is 0 Å². The molecule has 1 fully saturated rings. The van der Waals surface area contributed by atoms with Gasteiger partial charge in [0.1, 0.15) is 5.82 Å². The van der Waals surface area contributed by atoms with Crippen molar-refractivity contribution in [3.8, 4) is 0 Å². The van der Waals surface area contributed by atoms with Gasteiger partial charge in [-0.1, -0.05) is 12.8 Å². The van der Waals surface area contributed by atoms with Crippen molar-refractivity contribution in [3.05, 3.63) is 18.3 Å². The molecule has 7 nitrogen and oxygen atoms in total. The smallest absolute Gasteiger partial charge is 0.319 e. The third-order valence-corrected chi connectivity index (χ3v) is 3.82. The number of aromatic nitrogens is 1. The molecule has 2 rings (SSSR count). The topological polar surface area (TPSA) is 86.4 Å². The van der Waals surface area contributed by atoms with Gasteiger partial charge in [0, 0.05) is 33.1 Å². The predicted molar refractivity (Wildman–Crippen MR) is 90.6 cm³/mol. The monoisotopic (exact) mass is 319 g/mol. The van der Waals surface area contributed by atoms with Gasteiger partial charge in [-0.05, 0) is 25.0 Å². The molecule has 3 amide bonds. The van der Waals surface area contributed by atoms with Gasteiger partial charge >= 0.3 is 6.03 Å². The number of hydrogen-bond acceptors (Lipinski definition) is 4. The van der Waals surface area contributed by atoms with Crippen LogP contribution in [0.1, 0.15) is 32.1 Å². The molecular weight excluding hydrogens is 294 g/mol. The van der Waals surface area contributed by atoms with E-state index in [0.29, 0.717) is 24.7 Å². The summed E-state index contributed by atoms with van der Waals surface area (Å²) in [5.74, 6) is 0.814. The second-order valence-electron chi connectivity index (χ2n) is 5.98. The summed E-state index contributed by atoms with van der Waals surface area (Å²) in [7, 11) is 3.80. The Morgan fingerprint density at radius 2 is 2.00 bits per heavy atom. The van der Waals surface area contributed by atoms with Gasteiger partial charge in [-0.2, -0.15) is 0 Å². The van der Waals surface area contributed by atoms with E-state index in [0.717, 1.165) is 18.7 Å². The van der Waals surface area contributed by atoms with E-state index in [9.17, 15) is 9.59 Å². The van der Waals surface area contributed by atoms with Gasteiger partial charge in [0.25, 0.3) is 0 Å². The van der Waals surface area contributed by atoms with Crippen molar-refractivity contribution in [2.45, 2.75) is 38.1 Å². The summed E-state index contributed by atoms with van der Waals surface area (Å²) in [6, 6.07) is 3.59. The largest absolute Gasteiger partial charge is 0.363 e. The van der Waals surface area contributed by atoms with Crippen LogP contribution in [0.3, 0.4) is 0 Å². The third kappa shape index (κ3) is 5.77. The van der Waals surface area contributed by atoms with Crippen LogP contribution < -0.4 is 20.9 Å². The van der Waals surface area contributed by atoms with Crippen LogP contribution in [-0.2, 0) is 4.79 Å². The van der Waals surface area contributed by atoms with E-state index in [2.05, 4.69) is 20.9 Å². The summed E-state index contributed by atoms with van der Waals surface area (Å²) in [5.41, 5.74) is 0.614. The molecule has 0 spiro atoms. The SMILES string of the molecule is CN(C)c1ccc(NC(=O)NCCC(=O)NC2CCCC2)cn1. The first-order chi connectivity index (χ1) is 11.0. The summed E-state index contributed by atoms with van der Waals surface area (Å²) in [6.45, 7) is 0.313. The second-order valence-corrected chi connectivity index (χ2v) is 5.98. The molecule has 0 atom stereocenters. The van der Waals surface area contributed by atoms with E-state index < -0.39 is 0 Å². The van der Waals surface area contributed by atoms with Crippen LogP contribution in [0.4, 0.5) is 16.3 Å². The molecule has 7 heteroatoms. The molecule has 1 saturated carbocycles. The molecule has 3 N–H and O–H groups in total. The average Bonchev–Trinajstić information content (AvgIpc) is 3.00. The molecule has 0 unspecified atom stereocenters. The molecule has 126 valence electrons. The summed E-state index contributed by atoms with van der Waals surface area (Å²) in [5, 5.41) is 8.36. The summed E-state index contributed by atoms with van der Waals surface area (Å²) < 4.78 is 0. The Bertz CT molecular complexity index is 524. The van der Waals surface area contributed by atoms with Gasteiger partial charge in [-0.25, -0.2) is 9.78 Å². The highest BCUT2D eigenvalue weighted by Gasteiger charge is 2.16.